The summed E-state index contributed by atoms with van der Waals surface area (Å²) in [6.45, 7) is 5.68. The molecule has 0 aliphatic carbocycles. The van der Waals surface area contributed by atoms with Crippen LogP contribution in [0.15, 0.2) is 16.6 Å². The minimum Gasteiger partial charge on any atom is -0.376 e. The Balaban J connectivity index is 1.66. The molecule has 0 bridgehead atoms. The number of anilines is 1. The van der Waals surface area contributed by atoms with Gasteiger partial charge in [-0.2, -0.15) is 0 Å². The average Bonchev–Trinajstić information content (AvgIpc) is 2.40. The maximum atomic E-state index is 5.82. The highest BCUT2D eigenvalue weighted by molar-refractivity contribution is 9.10. The summed E-state index contributed by atoms with van der Waals surface area (Å²) in [5, 5.41) is 6.61. The number of ether oxygens (including phenoxy) is 1. The SMILES string of the molecule is Cc1nc(NCCOC2CCNCC2)ccc1Br. The molecule has 1 saturated heterocycles. The third-order valence-electron chi connectivity index (χ3n) is 3.07. The van der Waals surface area contributed by atoms with Gasteiger partial charge in [0.1, 0.15) is 5.82 Å². The van der Waals surface area contributed by atoms with Crippen LogP contribution in [0.2, 0.25) is 0 Å². The lowest BCUT2D eigenvalue weighted by atomic mass is 10.1. The minimum absolute atomic E-state index is 0.424. The van der Waals surface area contributed by atoms with Crippen LogP contribution >= 0.6 is 15.9 Å². The van der Waals surface area contributed by atoms with Crippen LogP contribution in [-0.4, -0.2) is 37.3 Å². The second-order valence-electron chi connectivity index (χ2n) is 4.51. The van der Waals surface area contributed by atoms with E-state index in [1.54, 1.807) is 0 Å². The number of halogens is 1. The molecule has 1 aromatic heterocycles. The second-order valence-corrected chi connectivity index (χ2v) is 5.36. The first kappa shape index (κ1) is 13.8. The van der Waals surface area contributed by atoms with Gasteiger partial charge >= 0.3 is 0 Å². The quantitative estimate of drug-likeness (QED) is 0.819. The number of pyridine rings is 1. The zero-order chi connectivity index (χ0) is 12.8. The van der Waals surface area contributed by atoms with Gasteiger partial charge in [0.15, 0.2) is 0 Å². The Kier molecular flexibility index (Phi) is 5.41. The molecule has 0 radical (unpaired) electrons. The normalized spacial score (nSPS) is 16.8. The van der Waals surface area contributed by atoms with Gasteiger partial charge < -0.3 is 15.4 Å². The summed E-state index contributed by atoms with van der Waals surface area (Å²) in [6.07, 6.45) is 2.67. The molecule has 0 unspecified atom stereocenters. The molecule has 0 aromatic carbocycles. The fourth-order valence-electron chi connectivity index (χ4n) is 2.01. The standard InChI is InChI=1S/C13H20BrN3O/c1-10-12(14)2-3-13(17-10)16-8-9-18-11-4-6-15-7-5-11/h2-3,11,15H,4-9H2,1H3,(H,16,17). The van der Waals surface area contributed by atoms with Crippen LogP contribution in [0, 0.1) is 6.92 Å². The van der Waals surface area contributed by atoms with Gasteiger partial charge in [0.25, 0.3) is 0 Å². The summed E-state index contributed by atoms with van der Waals surface area (Å²) in [5.41, 5.74) is 0.999. The molecule has 1 aliphatic heterocycles. The number of nitrogens with zero attached hydrogens (tertiary/aromatic N) is 1. The van der Waals surface area contributed by atoms with Crippen molar-refractivity contribution < 1.29 is 4.74 Å². The molecule has 2 heterocycles. The molecule has 2 N–H and O–H groups in total. The van der Waals surface area contributed by atoms with Crippen molar-refractivity contribution in [1.29, 1.82) is 0 Å². The molecule has 2 rings (SSSR count). The fourth-order valence-corrected chi connectivity index (χ4v) is 2.23. The van der Waals surface area contributed by atoms with Gasteiger partial charge in [-0.1, -0.05) is 0 Å². The Morgan fingerprint density at radius 3 is 2.94 bits per heavy atom. The molecular weight excluding hydrogens is 294 g/mol. The number of rotatable bonds is 5. The van der Waals surface area contributed by atoms with Gasteiger partial charge in [-0.05, 0) is 60.9 Å². The molecule has 18 heavy (non-hydrogen) atoms. The molecule has 0 spiro atoms. The second kappa shape index (κ2) is 7.07. The van der Waals surface area contributed by atoms with E-state index in [-0.39, 0.29) is 0 Å². The summed E-state index contributed by atoms with van der Waals surface area (Å²) in [6, 6.07) is 3.99. The van der Waals surface area contributed by atoms with Crippen LogP contribution in [0.5, 0.6) is 0 Å². The molecule has 0 amide bonds. The Morgan fingerprint density at radius 1 is 1.44 bits per heavy atom. The fraction of sp³-hybridized carbons (Fsp3) is 0.615. The van der Waals surface area contributed by atoms with Crippen molar-refractivity contribution in [2.24, 2.45) is 0 Å². The van der Waals surface area contributed by atoms with Crippen molar-refractivity contribution in [2.45, 2.75) is 25.9 Å². The Labute approximate surface area is 117 Å². The van der Waals surface area contributed by atoms with Crippen LogP contribution in [0.3, 0.4) is 0 Å². The molecule has 0 atom stereocenters. The number of nitrogens with one attached hydrogen (secondary N) is 2. The minimum atomic E-state index is 0.424. The summed E-state index contributed by atoms with van der Waals surface area (Å²) < 4.78 is 6.86. The molecule has 4 nitrogen and oxygen atoms in total. The van der Waals surface area contributed by atoms with E-state index >= 15 is 0 Å². The first-order valence-electron chi connectivity index (χ1n) is 6.45. The van der Waals surface area contributed by atoms with Gasteiger partial charge in [0, 0.05) is 11.0 Å². The highest BCUT2D eigenvalue weighted by Crippen LogP contribution is 2.16. The molecule has 0 saturated carbocycles. The molecular formula is C13H20BrN3O. The smallest absolute Gasteiger partial charge is 0.126 e. The topological polar surface area (TPSA) is 46.2 Å². The van der Waals surface area contributed by atoms with E-state index in [1.165, 1.54) is 0 Å². The third kappa shape index (κ3) is 4.23. The van der Waals surface area contributed by atoms with Crippen LogP contribution in [-0.2, 0) is 4.74 Å². The molecule has 1 aliphatic rings. The lowest BCUT2D eigenvalue weighted by molar-refractivity contribution is 0.0394. The van der Waals surface area contributed by atoms with Gasteiger partial charge in [0.2, 0.25) is 0 Å². The zero-order valence-corrected chi connectivity index (χ0v) is 12.3. The summed E-state index contributed by atoms with van der Waals surface area (Å²) >= 11 is 3.44. The lowest BCUT2D eigenvalue weighted by Gasteiger charge is -2.23. The predicted octanol–water partition coefficient (Wildman–Crippen LogP) is 2.33. The van der Waals surface area contributed by atoms with E-state index in [4.69, 9.17) is 4.74 Å². The van der Waals surface area contributed by atoms with Gasteiger partial charge in [-0.15, -0.1) is 0 Å². The monoisotopic (exact) mass is 313 g/mol. The van der Waals surface area contributed by atoms with Gasteiger partial charge in [-0.25, -0.2) is 4.98 Å². The van der Waals surface area contributed by atoms with E-state index < -0.39 is 0 Å². The van der Waals surface area contributed by atoms with E-state index in [0.29, 0.717) is 6.10 Å². The van der Waals surface area contributed by atoms with Crippen molar-refractivity contribution in [2.75, 3.05) is 31.6 Å². The maximum absolute atomic E-state index is 5.82. The number of piperidine rings is 1. The number of aryl methyl sites for hydroxylation is 1. The van der Waals surface area contributed by atoms with Crippen LogP contribution in [0.25, 0.3) is 0 Å². The van der Waals surface area contributed by atoms with Crippen molar-refractivity contribution in [3.63, 3.8) is 0 Å². The van der Waals surface area contributed by atoms with E-state index in [2.05, 4.69) is 31.5 Å². The number of hydrogen-bond acceptors (Lipinski definition) is 4. The first-order valence-corrected chi connectivity index (χ1v) is 7.24. The predicted molar refractivity (Wildman–Crippen MR) is 77.0 cm³/mol. The Bertz CT molecular complexity index is 380. The Morgan fingerprint density at radius 2 is 2.22 bits per heavy atom. The molecule has 5 heteroatoms. The average molecular weight is 314 g/mol. The zero-order valence-electron chi connectivity index (χ0n) is 10.7. The first-order chi connectivity index (χ1) is 8.75. The van der Waals surface area contributed by atoms with Crippen LogP contribution in [0.4, 0.5) is 5.82 Å². The van der Waals surface area contributed by atoms with Gasteiger partial charge in [0.05, 0.1) is 18.4 Å². The van der Waals surface area contributed by atoms with E-state index in [1.807, 2.05) is 19.1 Å². The molecule has 100 valence electrons. The largest absolute Gasteiger partial charge is 0.376 e. The van der Waals surface area contributed by atoms with Crippen LogP contribution in [0.1, 0.15) is 18.5 Å². The highest BCUT2D eigenvalue weighted by atomic mass is 79.9. The van der Waals surface area contributed by atoms with E-state index in [9.17, 15) is 0 Å². The lowest BCUT2D eigenvalue weighted by Crippen LogP contribution is -2.33. The summed E-state index contributed by atoms with van der Waals surface area (Å²) in [4.78, 5) is 4.43. The maximum Gasteiger partial charge on any atom is 0.126 e. The Hall–Kier alpha value is -0.650. The van der Waals surface area contributed by atoms with Crippen molar-refractivity contribution in [1.82, 2.24) is 10.3 Å². The van der Waals surface area contributed by atoms with Crippen LogP contribution < -0.4 is 10.6 Å². The van der Waals surface area contributed by atoms with Gasteiger partial charge in [-0.3, -0.25) is 0 Å². The summed E-state index contributed by atoms with van der Waals surface area (Å²) in [7, 11) is 0. The molecule has 1 aromatic rings. The third-order valence-corrected chi connectivity index (χ3v) is 3.91. The van der Waals surface area contributed by atoms with Crippen molar-refractivity contribution >= 4 is 21.7 Å². The summed E-state index contributed by atoms with van der Waals surface area (Å²) in [5.74, 6) is 0.907. The number of hydrogen-bond donors (Lipinski definition) is 2. The number of aromatic nitrogens is 1. The van der Waals surface area contributed by atoms with Crippen molar-refractivity contribution in [3.05, 3.63) is 22.3 Å². The highest BCUT2D eigenvalue weighted by Gasteiger charge is 2.12. The van der Waals surface area contributed by atoms with E-state index in [0.717, 1.165) is 55.1 Å². The van der Waals surface area contributed by atoms with Crippen molar-refractivity contribution in [3.8, 4) is 0 Å². The molecule has 1 fully saturated rings.